The van der Waals surface area contributed by atoms with Crippen molar-refractivity contribution in [2.75, 3.05) is 0 Å². The van der Waals surface area contributed by atoms with E-state index in [1.54, 1.807) is 4.57 Å². The maximum Gasteiger partial charge on any atom is 0.258 e. The topological polar surface area (TPSA) is 64.4 Å². The third kappa shape index (κ3) is 2.47. The van der Waals surface area contributed by atoms with Crippen LogP contribution in [0.3, 0.4) is 0 Å². The van der Waals surface area contributed by atoms with Gasteiger partial charge in [0.15, 0.2) is 0 Å². The van der Waals surface area contributed by atoms with Crippen LogP contribution in [0.15, 0.2) is 28.3 Å². The summed E-state index contributed by atoms with van der Waals surface area (Å²) in [5.74, 6) is 0.303. The number of hydrogen-bond donors (Lipinski definition) is 1. The van der Waals surface area contributed by atoms with Gasteiger partial charge in [-0.15, -0.1) is 0 Å². The first kappa shape index (κ1) is 19.7. The van der Waals surface area contributed by atoms with Gasteiger partial charge in [0.2, 0.25) is 0 Å². The maximum absolute atomic E-state index is 14.6. The standard InChI is InChI=1S/C26H25FN2O3/c1-4-12(2)25-24(30)16-8-21-23-17(10-29(21)26(31)18(16)11-32-25)15-7-5-6-14-13(3)19(27)9-20(28-23)22(14)15/h8-9,24,30H,4-7,10-11H2,1-3H3/b25-12-. The molecule has 0 saturated carbocycles. The van der Waals surface area contributed by atoms with Crippen LogP contribution in [-0.4, -0.2) is 14.7 Å². The zero-order valence-electron chi connectivity index (χ0n) is 18.5. The molecule has 6 rings (SSSR count). The lowest BCUT2D eigenvalue weighted by Crippen LogP contribution is -2.30. The van der Waals surface area contributed by atoms with Gasteiger partial charge in [0.25, 0.3) is 5.56 Å². The average Bonchev–Trinajstić information content (AvgIpc) is 3.17. The minimum atomic E-state index is -0.966. The van der Waals surface area contributed by atoms with Gasteiger partial charge in [-0.05, 0) is 67.9 Å². The number of halogens is 1. The van der Waals surface area contributed by atoms with Crippen LogP contribution in [0.1, 0.15) is 66.2 Å². The number of allylic oxidation sites excluding steroid dienone is 1. The van der Waals surface area contributed by atoms with Crippen molar-refractivity contribution in [3.63, 3.8) is 0 Å². The van der Waals surface area contributed by atoms with E-state index in [0.29, 0.717) is 40.2 Å². The predicted molar refractivity (Wildman–Crippen MR) is 120 cm³/mol. The van der Waals surface area contributed by atoms with Gasteiger partial charge in [-0.2, -0.15) is 0 Å². The Balaban J connectivity index is 1.62. The molecule has 0 spiro atoms. The van der Waals surface area contributed by atoms with Gasteiger partial charge in [-0.1, -0.05) is 6.92 Å². The Hall–Kier alpha value is -2.99. The van der Waals surface area contributed by atoms with E-state index >= 15 is 0 Å². The van der Waals surface area contributed by atoms with Gasteiger partial charge >= 0.3 is 0 Å². The monoisotopic (exact) mass is 432 g/mol. The van der Waals surface area contributed by atoms with E-state index in [0.717, 1.165) is 53.5 Å². The number of ether oxygens (including phenoxy) is 1. The summed E-state index contributed by atoms with van der Waals surface area (Å²) in [7, 11) is 0. The molecule has 1 aliphatic carbocycles. The quantitative estimate of drug-likeness (QED) is 0.477. The van der Waals surface area contributed by atoms with E-state index in [1.807, 2.05) is 26.8 Å². The third-order valence-corrected chi connectivity index (χ3v) is 7.53. The number of benzene rings is 1. The zero-order chi connectivity index (χ0) is 22.3. The van der Waals surface area contributed by atoms with Crippen LogP contribution in [-0.2, 0) is 30.7 Å². The first-order valence-electron chi connectivity index (χ1n) is 11.3. The summed E-state index contributed by atoms with van der Waals surface area (Å²) in [6.07, 6.45) is 2.51. The lowest BCUT2D eigenvalue weighted by atomic mass is 9.85. The van der Waals surface area contributed by atoms with Crippen LogP contribution in [0, 0.1) is 12.7 Å². The zero-order valence-corrected chi connectivity index (χ0v) is 18.5. The SMILES string of the molecule is CC/C(C)=C1\OCc2c(cc3n(c2=O)Cc2c-3nc3cc(F)c(C)c4c3c2CCC4)C1O. The Morgan fingerprint density at radius 1 is 1.25 bits per heavy atom. The van der Waals surface area contributed by atoms with Crippen LogP contribution in [0.2, 0.25) is 0 Å². The molecule has 2 aliphatic heterocycles. The second kappa shape index (κ2) is 6.75. The van der Waals surface area contributed by atoms with Crippen LogP contribution in [0.5, 0.6) is 0 Å². The second-order valence-corrected chi connectivity index (χ2v) is 9.17. The molecular formula is C26H25FN2O3. The number of nitrogens with zero attached hydrogens (tertiary/aromatic N) is 2. The summed E-state index contributed by atoms with van der Waals surface area (Å²) >= 11 is 0. The number of aryl methyl sites for hydroxylation is 2. The fourth-order valence-electron chi connectivity index (χ4n) is 5.62. The fraction of sp³-hybridized carbons (Fsp3) is 0.385. The number of rotatable bonds is 1. The molecule has 1 unspecified atom stereocenters. The van der Waals surface area contributed by atoms with Gasteiger partial charge in [-0.25, -0.2) is 9.37 Å². The molecule has 0 bridgehead atoms. The summed E-state index contributed by atoms with van der Waals surface area (Å²) in [5.41, 5.74) is 8.01. The molecule has 0 amide bonds. The van der Waals surface area contributed by atoms with Gasteiger partial charge < -0.3 is 14.4 Å². The van der Waals surface area contributed by atoms with Gasteiger partial charge in [0.05, 0.1) is 29.0 Å². The van der Waals surface area contributed by atoms with Crippen molar-refractivity contribution >= 4 is 10.9 Å². The number of aliphatic hydroxyl groups excluding tert-OH is 1. The normalized spacial score (nSPS) is 20.0. The van der Waals surface area contributed by atoms with E-state index in [4.69, 9.17) is 9.72 Å². The van der Waals surface area contributed by atoms with Crippen LogP contribution < -0.4 is 5.56 Å². The Kier molecular flexibility index (Phi) is 4.15. The minimum Gasteiger partial charge on any atom is -0.490 e. The second-order valence-electron chi connectivity index (χ2n) is 9.17. The highest BCUT2D eigenvalue weighted by Gasteiger charge is 2.34. The molecule has 1 N–H and O–H groups in total. The molecule has 4 heterocycles. The summed E-state index contributed by atoms with van der Waals surface area (Å²) in [5, 5.41) is 12.1. The molecule has 164 valence electrons. The first-order valence-corrected chi connectivity index (χ1v) is 11.3. The Morgan fingerprint density at radius 3 is 2.81 bits per heavy atom. The van der Waals surface area contributed by atoms with E-state index in [-0.39, 0.29) is 18.0 Å². The van der Waals surface area contributed by atoms with E-state index in [2.05, 4.69) is 0 Å². The summed E-state index contributed by atoms with van der Waals surface area (Å²) in [4.78, 5) is 18.3. The summed E-state index contributed by atoms with van der Waals surface area (Å²) in [6, 6.07) is 3.41. The van der Waals surface area contributed by atoms with Crippen molar-refractivity contribution in [2.24, 2.45) is 0 Å². The highest BCUT2D eigenvalue weighted by molar-refractivity contribution is 5.92. The molecular weight excluding hydrogens is 407 g/mol. The lowest BCUT2D eigenvalue weighted by molar-refractivity contribution is 0.0707. The molecule has 3 aliphatic rings. The van der Waals surface area contributed by atoms with Crippen molar-refractivity contribution in [2.45, 2.75) is 65.7 Å². The largest absolute Gasteiger partial charge is 0.490 e. The molecule has 0 radical (unpaired) electrons. The maximum atomic E-state index is 14.6. The van der Waals surface area contributed by atoms with Gasteiger partial charge in [0.1, 0.15) is 24.3 Å². The van der Waals surface area contributed by atoms with Crippen LogP contribution in [0.4, 0.5) is 4.39 Å². The van der Waals surface area contributed by atoms with Crippen molar-refractivity contribution in [3.05, 3.63) is 73.0 Å². The molecule has 5 nitrogen and oxygen atoms in total. The average molecular weight is 432 g/mol. The molecule has 1 atom stereocenters. The van der Waals surface area contributed by atoms with Crippen LogP contribution >= 0.6 is 0 Å². The number of aromatic nitrogens is 2. The van der Waals surface area contributed by atoms with E-state index in [1.165, 1.54) is 11.6 Å². The number of pyridine rings is 2. The Morgan fingerprint density at radius 2 is 2.03 bits per heavy atom. The van der Waals surface area contributed by atoms with Crippen molar-refractivity contribution in [3.8, 4) is 11.4 Å². The molecule has 1 aromatic carbocycles. The molecule has 3 aromatic rings. The minimum absolute atomic E-state index is 0.141. The van der Waals surface area contributed by atoms with Crippen molar-refractivity contribution in [1.82, 2.24) is 9.55 Å². The highest BCUT2D eigenvalue weighted by atomic mass is 19.1. The van der Waals surface area contributed by atoms with E-state index in [9.17, 15) is 14.3 Å². The van der Waals surface area contributed by atoms with Gasteiger partial charge in [0, 0.05) is 22.6 Å². The Labute approximate surface area is 185 Å². The highest BCUT2D eigenvalue weighted by Crippen LogP contribution is 2.43. The molecule has 2 aromatic heterocycles. The summed E-state index contributed by atoms with van der Waals surface area (Å²) in [6.45, 7) is 6.40. The van der Waals surface area contributed by atoms with Crippen LogP contribution in [0.25, 0.3) is 22.3 Å². The van der Waals surface area contributed by atoms with E-state index < -0.39 is 6.10 Å². The number of fused-ring (bicyclic) bond motifs is 5. The molecule has 32 heavy (non-hydrogen) atoms. The fourth-order valence-corrected chi connectivity index (χ4v) is 5.62. The summed E-state index contributed by atoms with van der Waals surface area (Å²) < 4.78 is 22.2. The van der Waals surface area contributed by atoms with Gasteiger partial charge in [-0.3, -0.25) is 4.79 Å². The van der Waals surface area contributed by atoms with Crippen molar-refractivity contribution in [1.29, 1.82) is 0 Å². The predicted octanol–water partition coefficient (Wildman–Crippen LogP) is 4.61. The lowest BCUT2D eigenvalue weighted by Gasteiger charge is -2.27. The molecule has 0 fully saturated rings. The third-order valence-electron chi connectivity index (χ3n) is 7.53. The molecule has 6 heteroatoms. The molecule has 0 saturated heterocycles. The van der Waals surface area contributed by atoms with Crippen molar-refractivity contribution < 1.29 is 14.2 Å². The Bertz CT molecular complexity index is 1430. The number of aliphatic hydroxyl groups is 1. The smallest absolute Gasteiger partial charge is 0.258 e. The first-order chi connectivity index (χ1) is 15.4. The number of hydrogen-bond acceptors (Lipinski definition) is 4.